The van der Waals surface area contributed by atoms with Gasteiger partial charge in [-0.25, -0.2) is 4.98 Å². The molecule has 4 heteroatoms. The van der Waals surface area contributed by atoms with E-state index in [0.29, 0.717) is 6.04 Å². The number of para-hydroxylation sites is 1. The molecule has 4 rings (SSSR count). The van der Waals surface area contributed by atoms with E-state index in [-0.39, 0.29) is 0 Å². The molecule has 132 valence electrons. The molecule has 1 aromatic heterocycles. The van der Waals surface area contributed by atoms with Crippen LogP contribution in [0.25, 0.3) is 0 Å². The Labute approximate surface area is 150 Å². The van der Waals surface area contributed by atoms with Gasteiger partial charge >= 0.3 is 0 Å². The van der Waals surface area contributed by atoms with Crippen LogP contribution in [0.4, 0.5) is 17.5 Å². The number of aryl methyl sites for hydroxylation is 2. The van der Waals surface area contributed by atoms with Gasteiger partial charge in [0.1, 0.15) is 5.82 Å². The Morgan fingerprint density at radius 3 is 2.84 bits per heavy atom. The molecule has 0 amide bonds. The first kappa shape index (κ1) is 16.4. The van der Waals surface area contributed by atoms with Crippen LogP contribution in [0.3, 0.4) is 0 Å². The summed E-state index contributed by atoms with van der Waals surface area (Å²) in [4.78, 5) is 14.6. The smallest absolute Gasteiger partial charge is 0.232 e. The third-order valence-electron chi connectivity index (χ3n) is 5.57. The molecule has 1 unspecified atom stereocenters. The van der Waals surface area contributed by atoms with Gasteiger partial charge < -0.3 is 9.80 Å². The standard InChI is InChI=1S/C21H28N4/c1-3-18-11-6-7-13-24(18)20-15-16(2)22-21(23-20)25-14-8-10-17-9-4-5-12-19(17)25/h4-5,9,12,15,18H,3,6-8,10-11,13-14H2,1-2H3. The highest BCUT2D eigenvalue weighted by atomic mass is 15.3. The molecule has 0 radical (unpaired) electrons. The minimum atomic E-state index is 0.615. The molecule has 1 atom stereocenters. The summed E-state index contributed by atoms with van der Waals surface area (Å²) in [5.74, 6) is 1.97. The zero-order chi connectivity index (χ0) is 17.2. The number of anilines is 3. The lowest BCUT2D eigenvalue weighted by atomic mass is 10.00. The van der Waals surface area contributed by atoms with Crippen molar-refractivity contribution in [1.29, 1.82) is 0 Å². The highest BCUT2D eigenvalue weighted by molar-refractivity contribution is 5.64. The second kappa shape index (κ2) is 7.03. The Bertz CT molecular complexity index is 742. The fourth-order valence-electron chi connectivity index (χ4n) is 4.27. The lowest BCUT2D eigenvalue weighted by Crippen LogP contribution is -2.40. The first-order valence-corrected chi connectivity index (χ1v) is 9.74. The summed E-state index contributed by atoms with van der Waals surface area (Å²) in [6, 6.07) is 11.5. The molecule has 0 N–H and O–H groups in total. The van der Waals surface area contributed by atoms with Crippen LogP contribution in [-0.4, -0.2) is 29.1 Å². The number of hydrogen-bond donors (Lipinski definition) is 0. The van der Waals surface area contributed by atoms with Crippen molar-refractivity contribution in [2.45, 2.75) is 58.4 Å². The lowest BCUT2D eigenvalue weighted by molar-refractivity contribution is 0.446. The van der Waals surface area contributed by atoms with Crippen LogP contribution in [0, 0.1) is 6.92 Å². The maximum Gasteiger partial charge on any atom is 0.232 e. The molecule has 3 heterocycles. The molecule has 0 spiro atoms. The van der Waals surface area contributed by atoms with Crippen LogP contribution in [0.2, 0.25) is 0 Å². The summed E-state index contributed by atoms with van der Waals surface area (Å²) >= 11 is 0. The van der Waals surface area contributed by atoms with E-state index >= 15 is 0 Å². The average Bonchev–Trinajstić information content (AvgIpc) is 2.67. The molecule has 2 aliphatic rings. The molecule has 0 bridgehead atoms. The van der Waals surface area contributed by atoms with Crippen LogP contribution >= 0.6 is 0 Å². The fraction of sp³-hybridized carbons (Fsp3) is 0.524. The van der Waals surface area contributed by atoms with E-state index in [0.717, 1.165) is 43.4 Å². The van der Waals surface area contributed by atoms with Gasteiger partial charge in [-0.3, -0.25) is 0 Å². The van der Waals surface area contributed by atoms with Crippen LogP contribution in [0.5, 0.6) is 0 Å². The van der Waals surface area contributed by atoms with Gasteiger partial charge in [-0.05, 0) is 57.1 Å². The number of fused-ring (bicyclic) bond motifs is 1. The Kier molecular flexibility index (Phi) is 4.60. The Hall–Kier alpha value is -2.10. The Balaban J connectivity index is 1.71. The van der Waals surface area contributed by atoms with Gasteiger partial charge in [-0.1, -0.05) is 25.1 Å². The molecular formula is C21H28N4. The molecule has 1 fully saturated rings. The number of nitrogens with zero attached hydrogens (tertiary/aromatic N) is 4. The maximum atomic E-state index is 5.02. The van der Waals surface area contributed by atoms with Gasteiger partial charge in [0.2, 0.25) is 5.95 Å². The van der Waals surface area contributed by atoms with Crippen LogP contribution in [0.15, 0.2) is 30.3 Å². The molecule has 25 heavy (non-hydrogen) atoms. The zero-order valence-corrected chi connectivity index (χ0v) is 15.4. The van der Waals surface area contributed by atoms with Crippen molar-refractivity contribution in [3.8, 4) is 0 Å². The first-order valence-electron chi connectivity index (χ1n) is 9.74. The molecule has 0 aliphatic carbocycles. The minimum Gasteiger partial charge on any atom is -0.353 e. The number of piperidine rings is 1. The number of rotatable bonds is 3. The summed E-state index contributed by atoms with van der Waals surface area (Å²) in [5.41, 5.74) is 3.74. The number of aromatic nitrogens is 2. The van der Waals surface area contributed by atoms with E-state index in [9.17, 15) is 0 Å². The van der Waals surface area contributed by atoms with Gasteiger partial charge in [0, 0.05) is 36.6 Å². The molecular weight excluding hydrogens is 308 g/mol. The van der Waals surface area contributed by atoms with E-state index in [1.54, 1.807) is 0 Å². The fourth-order valence-corrected chi connectivity index (χ4v) is 4.27. The van der Waals surface area contributed by atoms with Gasteiger partial charge in [-0.15, -0.1) is 0 Å². The second-order valence-corrected chi connectivity index (χ2v) is 7.30. The summed E-state index contributed by atoms with van der Waals surface area (Å²) in [6.07, 6.45) is 7.37. The van der Waals surface area contributed by atoms with Crippen molar-refractivity contribution in [2.24, 2.45) is 0 Å². The quantitative estimate of drug-likeness (QED) is 0.817. The van der Waals surface area contributed by atoms with E-state index in [4.69, 9.17) is 9.97 Å². The molecule has 4 nitrogen and oxygen atoms in total. The van der Waals surface area contributed by atoms with Crippen molar-refractivity contribution in [1.82, 2.24) is 9.97 Å². The summed E-state index contributed by atoms with van der Waals surface area (Å²) in [7, 11) is 0. The number of benzene rings is 1. The zero-order valence-electron chi connectivity index (χ0n) is 15.4. The maximum absolute atomic E-state index is 5.02. The highest BCUT2D eigenvalue weighted by Gasteiger charge is 2.25. The number of hydrogen-bond acceptors (Lipinski definition) is 4. The van der Waals surface area contributed by atoms with Crippen molar-refractivity contribution in [3.05, 3.63) is 41.6 Å². The second-order valence-electron chi connectivity index (χ2n) is 7.30. The van der Waals surface area contributed by atoms with E-state index in [1.165, 1.54) is 36.9 Å². The van der Waals surface area contributed by atoms with Crippen molar-refractivity contribution < 1.29 is 0 Å². The third-order valence-corrected chi connectivity index (χ3v) is 5.57. The molecule has 2 aliphatic heterocycles. The molecule has 0 saturated carbocycles. The lowest BCUT2D eigenvalue weighted by Gasteiger charge is -2.37. The third kappa shape index (κ3) is 3.22. The van der Waals surface area contributed by atoms with E-state index in [1.807, 2.05) is 0 Å². The van der Waals surface area contributed by atoms with E-state index < -0.39 is 0 Å². The van der Waals surface area contributed by atoms with Crippen LogP contribution < -0.4 is 9.80 Å². The SMILES string of the molecule is CCC1CCCCN1c1cc(C)nc(N2CCCc3ccccc32)n1. The van der Waals surface area contributed by atoms with Gasteiger partial charge in [0.15, 0.2) is 0 Å². The Morgan fingerprint density at radius 1 is 1.08 bits per heavy atom. The predicted molar refractivity (Wildman–Crippen MR) is 104 cm³/mol. The molecule has 1 aromatic carbocycles. The van der Waals surface area contributed by atoms with Crippen molar-refractivity contribution >= 4 is 17.5 Å². The van der Waals surface area contributed by atoms with Crippen molar-refractivity contribution in [2.75, 3.05) is 22.9 Å². The monoisotopic (exact) mass is 336 g/mol. The first-order chi connectivity index (χ1) is 12.3. The van der Waals surface area contributed by atoms with E-state index in [2.05, 4.69) is 54.0 Å². The van der Waals surface area contributed by atoms with Crippen LogP contribution in [-0.2, 0) is 6.42 Å². The predicted octanol–water partition coefficient (Wildman–Crippen LogP) is 4.64. The Morgan fingerprint density at radius 2 is 1.96 bits per heavy atom. The summed E-state index contributed by atoms with van der Waals surface area (Å²) in [6.45, 7) is 6.50. The van der Waals surface area contributed by atoms with Gasteiger partial charge in [-0.2, -0.15) is 4.98 Å². The topological polar surface area (TPSA) is 32.3 Å². The summed E-state index contributed by atoms with van der Waals surface area (Å²) in [5, 5.41) is 0. The molecule has 1 saturated heterocycles. The van der Waals surface area contributed by atoms with Crippen LogP contribution in [0.1, 0.15) is 50.3 Å². The van der Waals surface area contributed by atoms with Gasteiger partial charge in [0.25, 0.3) is 0 Å². The van der Waals surface area contributed by atoms with Crippen molar-refractivity contribution in [3.63, 3.8) is 0 Å². The molecule has 2 aromatic rings. The minimum absolute atomic E-state index is 0.615. The highest BCUT2D eigenvalue weighted by Crippen LogP contribution is 2.33. The normalized spacial score (nSPS) is 20.5. The summed E-state index contributed by atoms with van der Waals surface area (Å²) < 4.78 is 0. The van der Waals surface area contributed by atoms with Gasteiger partial charge in [0.05, 0.1) is 0 Å². The largest absolute Gasteiger partial charge is 0.353 e. The average molecular weight is 336 g/mol.